The number of hydrogen-bond donors (Lipinski definition) is 2. The van der Waals surface area contributed by atoms with Gasteiger partial charge >= 0.3 is 0 Å². The van der Waals surface area contributed by atoms with E-state index in [9.17, 15) is 10.1 Å². The van der Waals surface area contributed by atoms with E-state index in [4.69, 9.17) is 11.5 Å². The zero-order chi connectivity index (χ0) is 26.9. The Morgan fingerprint density at radius 2 is 0.973 bits per heavy atom. The highest BCUT2D eigenvalue weighted by atomic mass is 16.6. The molecular formula is C30H33N5O2. The highest BCUT2D eigenvalue weighted by Gasteiger charge is 2.09. The Balaban J connectivity index is 1.99. The number of non-ortho nitro benzene ring substituents is 1. The molecule has 0 saturated heterocycles. The lowest BCUT2D eigenvalue weighted by molar-refractivity contribution is -0.384. The van der Waals surface area contributed by atoms with E-state index < -0.39 is 4.92 Å². The minimum atomic E-state index is -0.436. The number of nitrogens with zero attached hydrogens (tertiary/aromatic N) is 3. The summed E-state index contributed by atoms with van der Waals surface area (Å²) in [7, 11) is 0. The van der Waals surface area contributed by atoms with E-state index in [2.05, 4.69) is 61.2 Å². The summed E-state index contributed by atoms with van der Waals surface area (Å²) < 4.78 is 0. The second-order valence-corrected chi connectivity index (χ2v) is 8.50. The maximum atomic E-state index is 11.6. The Morgan fingerprint density at radius 3 is 1.30 bits per heavy atom. The smallest absolute Gasteiger partial charge is 0.271 e. The highest BCUT2D eigenvalue weighted by molar-refractivity contribution is 5.64. The molecule has 4 N–H and O–H groups in total. The van der Waals surface area contributed by atoms with Crippen molar-refractivity contribution in [2.45, 2.75) is 27.7 Å². The topological polar surface area (TPSA) is 102 Å². The van der Waals surface area contributed by atoms with Crippen LogP contribution in [0.2, 0.25) is 0 Å². The second-order valence-electron chi connectivity index (χ2n) is 8.50. The molecule has 0 heterocycles. The van der Waals surface area contributed by atoms with Crippen LogP contribution in [0.15, 0.2) is 54.6 Å². The summed E-state index contributed by atoms with van der Waals surface area (Å²) in [6, 6.07) is 16.0. The third-order valence-corrected chi connectivity index (χ3v) is 5.97. The zero-order valence-electron chi connectivity index (χ0n) is 21.8. The van der Waals surface area contributed by atoms with E-state index in [0.29, 0.717) is 22.5 Å². The summed E-state index contributed by atoms with van der Waals surface area (Å²) >= 11 is 0. The molecule has 0 atom stereocenters. The van der Waals surface area contributed by atoms with Crippen LogP contribution in [0.1, 0.15) is 49.9 Å². The van der Waals surface area contributed by atoms with Gasteiger partial charge in [-0.1, -0.05) is 23.7 Å². The monoisotopic (exact) mass is 495 g/mol. The van der Waals surface area contributed by atoms with Gasteiger partial charge in [0.25, 0.3) is 5.69 Å². The fourth-order valence-corrected chi connectivity index (χ4v) is 4.11. The van der Waals surface area contributed by atoms with Crippen molar-refractivity contribution < 1.29 is 4.92 Å². The molecule has 0 spiro atoms. The molecule has 0 fully saturated rings. The summed E-state index contributed by atoms with van der Waals surface area (Å²) in [5.74, 6) is 12.3. The lowest BCUT2D eigenvalue weighted by atomic mass is 10.1. The third kappa shape index (κ3) is 7.19. The van der Waals surface area contributed by atoms with Gasteiger partial charge in [-0.2, -0.15) is 0 Å². The van der Waals surface area contributed by atoms with Gasteiger partial charge in [-0.25, -0.2) is 0 Å². The number of hydrogen-bond acceptors (Lipinski definition) is 6. The van der Waals surface area contributed by atoms with Gasteiger partial charge in [0, 0.05) is 83.3 Å². The molecule has 7 nitrogen and oxygen atoms in total. The molecule has 0 saturated carbocycles. The maximum Gasteiger partial charge on any atom is 0.271 e. The van der Waals surface area contributed by atoms with Crippen molar-refractivity contribution in [3.05, 3.63) is 87.0 Å². The standard InChI is InChI=1S/C30H33N5O2/c1-5-33(6-2)28-16-24(14-26(31)20-28)11-9-22-13-23(19-30(18-22)35(36)37)10-12-25-15-27(32)21-29(17-25)34(7-3)8-4/h13-21H,5-8,31-32H2,1-4H3. The number of benzene rings is 3. The quantitative estimate of drug-likeness (QED) is 0.201. The maximum absolute atomic E-state index is 11.6. The number of anilines is 4. The molecule has 0 bridgehead atoms. The van der Waals surface area contributed by atoms with Gasteiger partial charge in [-0.05, 0) is 70.2 Å². The van der Waals surface area contributed by atoms with Gasteiger partial charge < -0.3 is 21.3 Å². The summed E-state index contributed by atoms with van der Waals surface area (Å²) in [6.07, 6.45) is 0. The van der Waals surface area contributed by atoms with E-state index in [0.717, 1.165) is 48.7 Å². The molecule has 0 aliphatic rings. The minimum Gasteiger partial charge on any atom is -0.399 e. The molecule has 0 radical (unpaired) electrons. The van der Waals surface area contributed by atoms with Crippen molar-refractivity contribution >= 4 is 28.4 Å². The van der Waals surface area contributed by atoms with Crippen LogP contribution in [0.4, 0.5) is 28.4 Å². The van der Waals surface area contributed by atoms with Gasteiger partial charge in [0.05, 0.1) is 4.92 Å². The molecule has 0 aromatic heterocycles. The van der Waals surface area contributed by atoms with Crippen LogP contribution in [0.25, 0.3) is 0 Å². The van der Waals surface area contributed by atoms with Gasteiger partial charge in [0.15, 0.2) is 0 Å². The van der Waals surface area contributed by atoms with Gasteiger partial charge in [-0.3, -0.25) is 10.1 Å². The first-order chi connectivity index (χ1) is 17.8. The van der Waals surface area contributed by atoms with E-state index in [1.807, 2.05) is 24.3 Å². The molecule has 0 amide bonds. The lowest BCUT2D eigenvalue weighted by Gasteiger charge is -2.21. The number of nitro groups is 1. The van der Waals surface area contributed by atoms with Gasteiger partial charge in [0.1, 0.15) is 0 Å². The molecule has 3 rings (SSSR count). The highest BCUT2D eigenvalue weighted by Crippen LogP contribution is 2.22. The number of nitro benzene ring substituents is 1. The van der Waals surface area contributed by atoms with Crippen LogP contribution in [-0.4, -0.2) is 31.1 Å². The van der Waals surface area contributed by atoms with Crippen molar-refractivity contribution in [1.29, 1.82) is 0 Å². The Bertz CT molecular complexity index is 1300. The molecule has 0 aliphatic carbocycles. The van der Waals surface area contributed by atoms with Crippen molar-refractivity contribution in [3.63, 3.8) is 0 Å². The fraction of sp³-hybridized carbons (Fsp3) is 0.267. The van der Waals surface area contributed by atoms with E-state index in [1.54, 1.807) is 18.2 Å². The van der Waals surface area contributed by atoms with Crippen LogP contribution < -0.4 is 21.3 Å². The summed E-state index contributed by atoms with van der Waals surface area (Å²) in [5.41, 5.74) is 17.8. The van der Waals surface area contributed by atoms with Crippen molar-refractivity contribution in [3.8, 4) is 23.7 Å². The molecule has 3 aromatic rings. The third-order valence-electron chi connectivity index (χ3n) is 5.97. The molecule has 37 heavy (non-hydrogen) atoms. The first-order valence-corrected chi connectivity index (χ1v) is 12.4. The van der Waals surface area contributed by atoms with E-state index >= 15 is 0 Å². The Morgan fingerprint density at radius 1 is 0.622 bits per heavy atom. The van der Waals surface area contributed by atoms with E-state index in [-0.39, 0.29) is 5.69 Å². The molecule has 0 unspecified atom stereocenters. The summed E-state index contributed by atoms with van der Waals surface area (Å²) in [5, 5.41) is 11.6. The Hall–Kier alpha value is -4.62. The summed E-state index contributed by atoms with van der Waals surface area (Å²) in [6.45, 7) is 11.7. The number of nitrogens with two attached hydrogens (primary N) is 2. The van der Waals surface area contributed by atoms with E-state index in [1.165, 1.54) is 12.1 Å². The Labute approximate surface area is 219 Å². The number of rotatable bonds is 7. The SMILES string of the molecule is CCN(CC)c1cc(N)cc(C#Cc2cc(C#Cc3cc(N)cc(N(CC)CC)c3)cc([N+](=O)[O-])c2)c1. The van der Waals surface area contributed by atoms with Crippen LogP contribution in [-0.2, 0) is 0 Å². The van der Waals surface area contributed by atoms with Crippen molar-refractivity contribution in [1.82, 2.24) is 0 Å². The molecular weight excluding hydrogens is 462 g/mol. The predicted octanol–water partition coefficient (Wildman–Crippen LogP) is 5.25. The van der Waals surface area contributed by atoms with Crippen LogP contribution in [0.5, 0.6) is 0 Å². The molecule has 7 heteroatoms. The lowest BCUT2D eigenvalue weighted by Crippen LogP contribution is -2.21. The van der Waals surface area contributed by atoms with Crippen LogP contribution in [0, 0.1) is 33.8 Å². The average molecular weight is 496 g/mol. The van der Waals surface area contributed by atoms with Crippen LogP contribution in [0.3, 0.4) is 0 Å². The summed E-state index contributed by atoms with van der Waals surface area (Å²) in [4.78, 5) is 15.5. The normalized spacial score (nSPS) is 10.1. The minimum absolute atomic E-state index is 0.0658. The first-order valence-electron chi connectivity index (χ1n) is 12.4. The average Bonchev–Trinajstić information content (AvgIpc) is 2.87. The van der Waals surface area contributed by atoms with Gasteiger partial charge in [0.2, 0.25) is 0 Å². The zero-order valence-corrected chi connectivity index (χ0v) is 21.8. The van der Waals surface area contributed by atoms with Crippen molar-refractivity contribution in [2.24, 2.45) is 0 Å². The molecule has 3 aromatic carbocycles. The molecule has 0 aliphatic heterocycles. The first kappa shape index (κ1) is 27.0. The second kappa shape index (κ2) is 12.4. The number of nitrogen functional groups attached to an aromatic ring is 2. The largest absolute Gasteiger partial charge is 0.399 e. The van der Waals surface area contributed by atoms with Crippen molar-refractivity contribution in [2.75, 3.05) is 47.4 Å². The van der Waals surface area contributed by atoms with Crippen LogP contribution >= 0.6 is 0 Å². The Kier molecular flexibility index (Phi) is 9.02. The predicted molar refractivity (Wildman–Crippen MR) is 154 cm³/mol. The molecule has 190 valence electrons. The fourth-order valence-electron chi connectivity index (χ4n) is 4.11. The van der Waals surface area contributed by atoms with Gasteiger partial charge in [-0.15, -0.1) is 0 Å².